The summed E-state index contributed by atoms with van der Waals surface area (Å²) in [7, 11) is 0. The molecule has 0 radical (unpaired) electrons. The molecule has 0 aliphatic carbocycles. The van der Waals surface area contributed by atoms with E-state index in [9.17, 15) is 9.59 Å². The second kappa shape index (κ2) is 3.57. The van der Waals surface area contributed by atoms with Crippen molar-refractivity contribution in [1.29, 1.82) is 0 Å². The van der Waals surface area contributed by atoms with E-state index in [4.69, 9.17) is 10.8 Å². The van der Waals surface area contributed by atoms with Crippen LogP contribution in [0.2, 0.25) is 0 Å². The summed E-state index contributed by atoms with van der Waals surface area (Å²) in [4.78, 5) is 21.1. The van der Waals surface area contributed by atoms with Gasteiger partial charge in [0.05, 0.1) is 0 Å². The molecule has 0 saturated heterocycles. The van der Waals surface area contributed by atoms with Gasteiger partial charge in [0.15, 0.2) is 0 Å². The summed E-state index contributed by atoms with van der Waals surface area (Å²) < 4.78 is 4.43. The molecule has 1 rings (SSSR count). The van der Waals surface area contributed by atoms with E-state index >= 15 is 0 Å². The summed E-state index contributed by atoms with van der Waals surface area (Å²) in [5, 5.41) is 6.54. The van der Waals surface area contributed by atoms with Crippen LogP contribution in [0.3, 0.4) is 0 Å². The van der Waals surface area contributed by atoms with Crippen molar-refractivity contribution in [3.63, 3.8) is 0 Å². The first-order valence-corrected chi connectivity index (χ1v) is 3.43. The summed E-state index contributed by atoms with van der Waals surface area (Å²) in [5.74, 6) is -0.688. The number of ether oxygens (including phenoxy) is 1. The third kappa shape index (κ3) is 2.19. The first-order valence-electron chi connectivity index (χ1n) is 3.43. The van der Waals surface area contributed by atoms with Gasteiger partial charge in [-0.15, -0.1) is 0 Å². The lowest BCUT2D eigenvalue weighted by atomic mass is 10.2. The first kappa shape index (κ1) is 9.05. The highest BCUT2D eigenvalue weighted by Gasteiger charge is 2.17. The molecule has 0 heterocycles. The van der Waals surface area contributed by atoms with E-state index in [1.165, 1.54) is 12.1 Å². The third-order valence-electron chi connectivity index (χ3n) is 1.36. The molecule has 0 unspecified atom stereocenters. The Bertz CT molecular complexity index is 348. The third-order valence-corrected chi connectivity index (χ3v) is 1.36. The molecule has 4 N–H and O–H groups in total. The van der Waals surface area contributed by atoms with Gasteiger partial charge in [0, 0.05) is 10.9 Å². The Morgan fingerprint density at radius 3 is 2.46 bits per heavy atom. The van der Waals surface area contributed by atoms with Gasteiger partial charge in [0.25, 0.3) is 5.91 Å². The molecule has 1 amide bonds. The van der Waals surface area contributed by atoms with Crippen molar-refractivity contribution in [1.82, 2.24) is 0 Å². The van der Waals surface area contributed by atoms with Crippen molar-refractivity contribution in [2.75, 3.05) is 0 Å². The smallest absolute Gasteiger partial charge is 0.535 e. The molecular weight excluding hydrogens is 174 g/mol. The Balaban J connectivity index is 3.04. The molecule has 0 atom stereocenters. The van der Waals surface area contributed by atoms with Crippen LogP contribution in [-0.2, 0) is 0 Å². The van der Waals surface area contributed by atoms with Crippen LogP contribution in [0.25, 0.3) is 0 Å². The van der Waals surface area contributed by atoms with Crippen molar-refractivity contribution in [3.05, 3.63) is 29.8 Å². The monoisotopic (exact) mass is 182 g/mol. The molecule has 0 aromatic heterocycles. The molecule has 5 heteroatoms. The van der Waals surface area contributed by atoms with Crippen LogP contribution in [0.1, 0.15) is 10.4 Å². The van der Waals surface area contributed by atoms with Gasteiger partial charge in [-0.2, -0.15) is 0 Å². The molecule has 0 spiro atoms. The first-order chi connectivity index (χ1) is 6.11. The maximum atomic E-state index is 10.8. The minimum absolute atomic E-state index is 0.00926. The summed E-state index contributed by atoms with van der Waals surface area (Å²) in [6, 6.07) is 5.97. The maximum Gasteiger partial charge on any atom is 0.731 e. The van der Waals surface area contributed by atoms with Gasteiger partial charge in [-0.3, -0.25) is 9.53 Å². The predicted octanol–water partition coefficient (Wildman–Crippen LogP) is 0.00890. The van der Waals surface area contributed by atoms with Crippen molar-refractivity contribution < 1.29 is 19.4 Å². The minimum Gasteiger partial charge on any atom is -0.535 e. The van der Waals surface area contributed by atoms with E-state index in [1.807, 2.05) is 0 Å². The largest absolute Gasteiger partial charge is 0.731 e. The Labute approximate surface area is 73.7 Å². The second-order valence-corrected chi connectivity index (χ2v) is 2.25. The molecule has 0 saturated carbocycles. The zero-order valence-corrected chi connectivity index (χ0v) is 6.61. The van der Waals surface area contributed by atoms with Crippen molar-refractivity contribution >= 4 is 12.1 Å². The van der Waals surface area contributed by atoms with Crippen LogP contribution in [0, 0.1) is 0 Å². The van der Waals surface area contributed by atoms with Gasteiger partial charge < -0.3 is 10.8 Å². The molecule has 5 nitrogen and oxygen atoms in total. The summed E-state index contributed by atoms with van der Waals surface area (Å²) in [6.07, 6.45) is -1.23. The Morgan fingerprint density at radius 1 is 1.31 bits per heavy atom. The fourth-order valence-electron chi connectivity index (χ4n) is 0.859. The van der Waals surface area contributed by atoms with Crippen LogP contribution < -0.4 is 10.5 Å². The number of hydrogen-bond donors (Lipinski definition) is 1. The highest BCUT2D eigenvalue weighted by atomic mass is 16.7. The number of carbonyl (C=O) groups is 2. The number of carbonyl (C=O) groups excluding carboxylic acids is 2. The molecule has 0 aliphatic heterocycles. The topological polar surface area (TPSA) is 92.3 Å². The van der Waals surface area contributed by atoms with E-state index < -0.39 is 12.1 Å². The number of primary amides is 1. The van der Waals surface area contributed by atoms with Gasteiger partial charge in [0.2, 0.25) is 5.75 Å². The lowest BCUT2D eigenvalue weighted by Crippen LogP contribution is -2.14. The second-order valence-electron chi connectivity index (χ2n) is 2.25. The van der Waals surface area contributed by atoms with Crippen molar-refractivity contribution in [2.45, 2.75) is 0 Å². The Kier molecular flexibility index (Phi) is 2.49. The zero-order chi connectivity index (χ0) is 9.84. The quantitative estimate of drug-likeness (QED) is 0.396. The fourth-order valence-corrected chi connectivity index (χ4v) is 0.859. The van der Waals surface area contributed by atoms with Crippen LogP contribution in [0.4, 0.5) is 4.79 Å². The van der Waals surface area contributed by atoms with Gasteiger partial charge in [-0.05, 0) is 6.07 Å². The summed E-state index contributed by atoms with van der Waals surface area (Å²) >= 11 is 0. The van der Waals surface area contributed by atoms with E-state index in [0.717, 1.165) is 0 Å². The standard InChI is InChI=1S/C8H7NO4/c9-7(10)5-3-1-2-4-6(5)13-8(11)12/h1-4H,(H2,9,10)(H,11,12)/p+1. The number of para-hydroxylation sites is 1. The van der Waals surface area contributed by atoms with E-state index in [-0.39, 0.29) is 11.3 Å². The molecule has 0 fully saturated rings. The predicted molar refractivity (Wildman–Crippen MR) is 44.6 cm³/mol. The summed E-state index contributed by atoms with van der Waals surface area (Å²) in [5.41, 5.74) is 5.09. The molecule has 13 heavy (non-hydrogen) atoms. The lowest BCUT2D eigenvalue weighted by Gasteiger charge is -1.97. The van der Waals surface area contributed by atoms with Gasteiger partial charge >= 0.3 is 6.16 Å². The van der Waals surface area contributed by atoms with Crippen LogP contribution >= 0.6 is 0 Å². The average molecular weight is 182 g/mol. The molecule has 1 aromatic carbocycles. The SMILES string of the molecule is NC(=O)c1ccccc1OC(=O)[OH2+]. The number of hydrogen-bond acceptors (Lipinski definition) is 3. The zero-order valence-electron chi connectivity index (χ0n) is 6.61. The van der Waals surface area contributed by atoms with Crippen molar-refractivity contribution in [2.24, 2.45) is 5.73 Å². The van der Waals surface area contributed by atoms with Gasteiger partial charge in [-0.25, -0.2) is 0 Å². The van der Waals surface area contributed by atoms with E-state index in [2.05, 4.69) is 4.74 Å². The van der Waals surface area contributed by atoms with Crippen LogP contribution in [-0.4, -0.2) is 17.2 Å². The van der Waals surface area contributed by atoms with Gasteiger partial charge in [-0.1, -0.05) is 12.1 Å². The molecular formula is C8H8NO4+. The number of rotatable bonds is 2. The fraction of sp³-hybridized carbons (Fsp3) is 0. The number of nitrogens with two attached hydrogens (primary N) is 1. The van der Waals surface area contributed by atoms with Gasteiger partial charge in [0.1, 0.15) is 5.56 Å². The normalized spacial score (nSPS) is 9.23. The number of benzene rings is 1. The Hall–Kier alpha value is -2.04. The van der Waals surface area contributed by atoms with Crippen LogP contribution in [0.15, 0.2) is 24.3 Å². The van der Waals surface area contributed by atoms with E-state index in [1.54, 1.807) is 12.1 Å². The van der Waals surface area contributed by atoms with Crippen LogP contribution in [0.5, 0.6) is 5.75 Å². The maximum absolute atomic E-state index is 10.8. The molecule has 0 bridgehead atoms. The molecule has 68 valence electrons. The van der Waals surface area contributed by atoms with E-state index in [0.29, 0.717) is 0 Å². The van der Waals surface area contributed by atoms with Crippen molar-refractivity contribution in [3.8, 4) is 5.75 Å². The average Bonchev–Trinajstić information content (AvgIpc) is 2.03. The highest BCUT2D eigenvalue weighted by molar-refractivity contribution is 5.96. The Morgan fingerprint density at radius 2 is 1.92 bits per heavy atom. The lowest BCUT2D eigenvalue weighted by molar-refractivity contribution is 0.0996. The highest BCUT2D eigenvalue weighted by Crippen LogP contribution is 2.16. The number of amides is 1. The molecule has 0 aliphatic rings. The molecule has 1 aromatic rings. The minimum atomic E-state index is -1.23. The summed E-state index contributed by atoms with van der Waals surface area (Å²) in [6.45, 7) is 0.